The molecule has 7 heteroatoms. The van der Waals surface area contributed by atoms with Gasteiger partial charge in [-0.1, -0.05) is 17.8 Å². The Hall–Kier alpha value is -2.24. The third-order valence-electron chi connectivity index (χ3n) is 4.22. The third kappa shape index (κ3) is 6.14. The van der Waals surface area contributed by atoms with Crippen LogP contribution in [0.25, 0.3) is 22.4 Å². The van der Waals surface area contributed by atoms with Gasteiger partial charge in [0.25, 0.3) is 0 Å². The first-order chi connectivity index (χ1) is 14.2. The van der Waals surface area contributed by atoms with Gasteiger partial charge in [0.05, 0.1) is 12.4 Å². The van der Waals surface area contributed by atoms with E-state index in [1.807, 2.05) is 48.7 Å². The molecule has 2 aromatic carbocycles. The van der Waals surface area contributed by atoms with E-state index in [9.17, 15) is 4.79 Å². The number of carbonyl (C=O) groups is 1. The van der Waals surface area contributed by atoms with Crippen LogP contribution in [0.1, 0.15) is 16.1 Å². The van der Waals surface area contributed by atoms with Crippen LogP contribution in [0.2, 0.25) is 0 Å². The molecular formula is C24H15IrN2O3Y-3. The van der Waals surface area contributed by atoms with Crippen molar-refractivity contribution in [3.63, 3.8) is 0 Å². The summed E-state index contributed by atoms with van der Waals surface area (Å²) < 4.78 is 5.76. The zero-order valence-electron chi connectivity index (χ0n) is 16.2. The Balaban J connectivity index is 0.000000267. The van der Waals surface area contributed by atoms with Crippen LogP contribution in [0.3, 0.4) is 0 Å². The van der Waals surface area contributed by atoms with Gasteiger partial charge in [0.1, 0.15) is 5.69 Å². The van der Waals surface area contributed by atoms with Gasteiger partial charge in [0, 0.05) is 64.7 Å². The fourth-order valence-electron chi connectivity index (χ4n) is 2.83. The van der Waals surface area contributed by atoms with E-state index in [1.165, 1.54) is 12.3 Å². The van der Waals surface area contributed by atoms with Crippen molar-refractivity contribution < 1.29 is 67.5 Å². The van der Waals surface area contributed by atoms with Crippen LogP contribution in [0.4, 0.5) is 0 Å². The quantitative estimate of drug-likeness (QED) is 0.322. The number of ether oxygens (including phenoxy) is 1. The Kier molecular flexibility index (Phi) is 9.66. The van der Waals surface area contributed by atoms with Gasteiger partial charge in [-0.3, -0.25) is 0 Å². The Labute approximate surface area is 219 Å². The van der Waals surface area contributed by atoms with E-state index in [0.717, 1.165) is 27.9 Å². The Morgan fingerprint density at radius 1 is 0.968 bits per heavy atom. The van der Waals surface area contributed by atoms with Crippen molar-refractivity contribution in [1.29, 1.82) is 0 Å². The molecule has 4 aromatic rings. The van der Waals surface area contributed by atoms with E-state index in [0.29, 0.717) is 12.4 Å². The monoisotopic (exact) mass is 661 g/mol. The number of hydrogen-bond acceptors (Lipinski definition) is 4. The molecule has 0 aliphatic carbocycles. The summed E-state index contributed by atoms with van der Waals surface area (Å²) in [5.74, 6) is -0.301. The van der Waals surface area contributed by atoms with Crippen LogP contribution in [-0.2, 0) is 59.4 Å². The molecule has 0 unspecified atom stereocenters. The molecule has 1 aliphatic heterocycles. The first kappa shape index (κ1) is 25.0. The predicted octanol–water partition coefficient (Wildman–Crippen LogP) is 4.48. The second kappa shape index (κ2) is 12.0. The fourth-order valence-corrected chi connectivity index (χ4v) is 2.83. The minimum atomic E-state index is -0.990. The first-order valence-corrected chi connectivity index (χ1v) is 8.89. The van der Waals surface area contributed by atoms with E-state index >= 15 is 0 Å². The van der Waals surface area contributed by atoms with Gasteiger partial charge >= 0.3 is 5.97 Å². The summed E-state index contributed by atoms with van der Waals surface area (Å²) in [6.07, 6.45) is 3.26. The second-order valence-corrected chi connectivity index (χ2v) is 6.13. The van der Waals surface area contributed by atoms with Crippen molar-refractivity contribution in [3.8, 4) is 28.1 Å². The summed E-state index contributed by atoms with van der Waals surface area (Å²) in [4.78, 5) is 18.2. The molecule has 0 spiro atoms. The summed E-state index contributed by atoms with van der Waals surface area (Å²) in [6.45, 7) is 0.541. The van der Waals surface area contributed by atoms with Crippen LogP contribution in [0, 0.1) is 18.2 Å². The predicted molar refractivity (Wildman–Crippen MR) is 107 cm³/mol. The Morgan fingerprint density at radius 3 is 2.45 bits per heavy atom. The number of carboxylic acids is 1. The Bertz CT molecular complexity index is 1140. The molecule has 0 saturated carbocycles. The maximum Gasteiger partial charge on any atom is 0.354 e. The zero-order chi connectivity index (χ0) is 20.1. The number of carboxylic acid groups (broad SMARTS) is 1. The van der Waals surface area contributed by atoms with E-state index in [1.54, 1.807) is 12.1 Å². The van der Waals surface area contributed by atoms with Crippen molar-refractivity contribution in [2.45, 2.75) is 6.61 Å². The molecule has 154 valence electrons. The summed E-state index contributed by atoms with van der Waals surface area (Å²) in [7, 11) is 0. The van der Waals surface area contributed by atoms with Crippen molar-refractivity contribution in [3.05, 3.63) is 103 Å². The molecule has 1 N–H and O–H groups in total. The summed E-state index contributed by atoms with van der Waals surface area (Å²) in [5, 5.41) is 8.32. The molecule has 0 atom stereocenters. The largest absolute Gasteiger partial charge is 0.516 e. The van der Waals surface area contributed by atoms with E-state index in [-0.39, 0.29) is 58.5 Å². The maximum atomic E-state index is 10.1. The molecule has 0 saturated heterocycles. The molecule has 2 radical (unpaired) electrons. The van der Waals surface area contributed by atoms with Crippen LogP contribution < -0.4 is 4.74 Å². The standard InChI is InChI=1S/C18H10NO.C6H5NO2.Ir.Y/c1-2-6-13(7-3-1)15-10-17-18(19-11-15)16-9-5-4-8-14(16)12-20-17;8-6(9)5-3-1-2-4-7-5;;/h1-6,8,11H,12H2;1-4H,(H,8,9);;/q-3;;;. The summed E-state index contributed by atoms with van der Waals surface area (Å²) in [5.41, 5.74) is 4.87. The number of rotatable bonds is 2. The molecule has 0 amide bonds. The number of fused-ring (bicyclic) bond motifs is 3. The number of nitrogens with zero attached hydrogens (tertiary/aromatic N) is 2. The fraction of sp³-hybridized carbons (Fsp3) is 0.0417. The summed E-state index contributed by atoms with van der Waals surface area (Å²) in [6, 6.07) is 28.1. The van der Waals surface area contributed by atoms with E-state index in [4.69, 9.17) is 9.84 Å². The van der Waals surface area contributed by atoms with E-state index < -0.39 is 5.97 Å². The molecule has 31 heavy (non-hydrogen) atoms. The third-order valence-corrected chi connectivity index (χ3v) is 4.22. The molecule has 1 aliphatic rings. The average Bonchev–Trinajstić information content (AvgIpc) is 2.80. The van der Waals surface area contributed by atoms with Crippen molar-refractivity contribution in [1.82, 2.24) is 9.97 Å². The van der Waals surface area contributed by atoms with Gasteiger partial charge < -0.3 is 14.8 Å². The topological polar surface area (TPSA) is 72.3 Å². The maximum absolute atomic E-state index is 10.1. The zero-order valence-corrected chi connectivity index (χ0v) is 21.4. The molecule has 3 heterocycles. The number of benzene rings is 2. The van der Waals surface area contributed by atoms with Crippen LogP contribution in [0.5, 0.6) is 5.75 Å². The first-order valence-electron chi connectivity index (χ1n) is 8.89. The van der Waals surface area contributed by atoms with Crippen molar-refractivity contribution in [2.24, 2.45) is 0 Å². The second-order valence-electron chi connectivity index (χ2n) is 6.13. The molecule has 5 nitrogen and oxygen atoms in total. The van der Waals surface area contributed by atoms with Crippen LogP contribution >= 0.6 is 0 Å². The smallest absolute Gasteiger partial charge is 0.354 e. The normalized spacial score (nSPS) is 10.5. The van der Waals surface area contributed by atoms with Crippen molar-refractivity contribution in [2.75, 3.05) is 0 Å². The van der Waals surface area contributed by atoms with Gasteiger partial charge in [0.15, 0.2) is 0 Å². The van der Waals surface area contributed by atoms with Crippen LogP contribution in [0.15, 0.2) is 73.1 Å². The number of pyridine rings is 2. The molecule has 5 rings (SSSR count). The minimum Gasteiger partial charge on any atom is -0.516 e. The minimum absolute atomic E-state index is 0. The van der Waals surface area contributed by atoms with Crippen molar-refractivity contribution >= 4 is 5.97 Å². The van der Waals surface area contributed by atoms with E-state index in [2.05, 4.69) is 28.2 Å². The number of aromatic nitrogens is 2. The number of aromatic carboxylic acids is 1. The van der Waals surface area contributed by atoms with Gasteiger partial charge in [-0.25, -0.2) is 20.9 Å². The summed E-state index contributed by atoms with van der Waals surface area (Å²) >= 11 is 0. The van der Waals surface area contributed by atoms with Gasteiger partial charge in [-0.05, 0) is 12.1 Å². The SMILES string of the molecule is O=C(O)c1ccccn1.[Ir].[Y].[c-]1ccccc1-c1[c-]c2c(nc1)-c1[c-]cccc1CO2. The number of hydrogen-bond donors (Lipinski definition) is 1. The molecule has 0 fully saturated rings. The molecule has 2 aromatic heterocycles. The van der Waals surface area contributed by atoms with Gasteiger partial charge in [-0.2, -0.15) is 24.3 Å². The van der Waals surface area contributed by atoms with Gasteiger partial charge in [0.2, 0.25) is 0 Å². The molecular weight excluding hydrogens is 645 g/mol. The Morgan fingerprint density at radius 2 is 1.77 bits per heavy atom. The molecule has 0 bridgehead atoms. The van der Waals surface area contributed by atoms with Crippen LogP contribution in [-0.4, -0.2) is 21.0 Å². The average molecular weight is 661 g/mol. The van der Waals surface area contributed by atoms with Gasteiger partial charge in [-0.15, -0.1) is 42.0 Å².